The quantitative estimate of drug-likeness (QED) is 0.320. The topological polar surface area (TPSA) is 72.6 Å². The lowest BCUT2D eigenvalue weighted by atomic mass is 10.0. The Morgan fingerprint density at radius 2 is 1.81 bits per heavy atom. The van der Waals surface area contributed by atoms with Crippen molar-refractivity contribution in [1.82, 2.24) is 4.98 Å². The fourth-order valence-corrected chi connectivity index (χ4v) is 4.04. The number of pyridine rings is 1. The number of fused-ring (bicyclic) bond motifs is 2. The monoisotopic (exact) mass is 443 g/mol. The molecule has 0 spiro atoms. The van der Waals surface area contributed by atoms with E-state index in [9.17, 15) is 9.90 Å². The van der Waals surface area contributed by atoms with Crippen molar-refractivity contribution in [3.63, 3.8) is 0 Å². The van der Waals surface area contributed by atoms with Gasteiger partial charge in [-0.05, 0) is 36.8 Å². The maximum absolute atomic E-state index is 12.2. The van der Waals surface area contributed by atoms with Crippen molar-refractivity contribution in [2.75, 3.05) is 0 Å². The van der Waals surface area contributed by atoms with Crippen LogP contribution in [0.25, 0.3) is 33.3 Å². The molecule has 2 aromatic heterocycles. The molecule has 32 heavy (non-hydrogen) atoms. The van der Waals surface area contributed by atoms with Gasteiger partial charge in [0.2, 0.25) is 0 Å². The lowest BCUT2D eigenvalue weighted by Crippen LogP contribution is -2.04. The Morgan fingerprint density at radius 3 is 2.56 bits per heavy atom. The molecule has 0 bridgehead atoms. The molecular formula is C26H18ClNO4. The highest BCUT2D eigenvalue weighted by Crippen LogP contribution is 2.38. The first-order valence-corrected chi connectivity index (χ1v) is 10.4. The smallest absolute Gasteiger partial charge is 0.336 e. The van der Waals surface area contributed by atoms with E-state index in [0.717, 1.165) is 16.5 Å². The molecule has 6 heteroatoms. The van der Waals surface area contributed by atoms with Crippen molar-refractivity contribution < 1.29 is 19.1 Å². The third-order valence-corrected chi connectivity index (χ3v) is 5.72. The van der Waals surface area contributed by atoms with Gasteiger partial charge in [-0.15, -0.1) is 0 Å². The lowest BCUT2D eigenvalue weighted by Gasteiger charge is -2.13. The highest BCUT2D eigenvalue weighted by atomic mass is 35.5. The fraction of sp³-hybridized carbons (Fsp3) is 0.0769. The number of para-hydroxylation sites is 1. The van der Waals surface area contributed by atoms with Gasteiger partial charge < -0.3 is 14.3 Å². The maximum atomic E-state index is 12.2. The first-order valence-electron chi connectivity index (χ1n) is 10.0. The van der Waals surface area contributed by atoms with Crippen LogP contribution in [0.3, 0.4) is 0 Å². The summed E-state index contributed by atoms with van der Waals surface area (Å²) in [6.07, 6.45) is 0. The van der Waals surface area contributed by atoms with Crippen LogP contribution in [-0.2, 0) is 6.61 Å². The molecule has 5 rings (SSSR count). The van der Waals surface area contributed by atoms with Crippen molar-refractivity contribution in [3.05, 3.63) is 94.5 Å². The summed E-state index contributed by atoms with van der Waals surface area (Å²) in [6, 6.07) is 22.1. The van der Waals surface area contributed by atoms with Crippen LogP contribution in [0.1, 0.15) is 21.5 Å². The Kier molecular flexibility index (Phi) is 5.04. The van der Waals surface area contributed by atoms with Crippen LogP contribution < -0.4 is 4.74 Å². The van der Waals surface area contributed by atoms with Gasteiger partial charge in [0.25, 0.3) is 0 Å². The standard InChI is InChI=1S/C26H18ClNO4/c1-15-17-9-5-6-10-21(17)32-25(15)20-13-18(26(29)30)23-22(12-11-19(27)24(23)28-20)31-14-16-7-3-2-4-8-16/h2-13H,14H2,1H3,(H,29,30). The van der Waals surface area contributed by atoms with Crippen LogP contribution in [0.15, 0.2) is 77.2 Å². The van der Waals surface area contributed by atoms with Crippen LogP contribution in [0, 0.1) is 6.92 Å². The number of halogens is 1. The van der Waals surface area contributed by atoms with Gasteiger partial charge in [-0.25, -0.2) is 9.78 Å². The minimum absolute atomic E-state index is 0.0513. The number of hydrogen-bond acceptors (Lipinski definition) is 4. The van der Waals surface area contributed by atoms with Crippen molar-refractivity contribution in [3.8, 4) is 17.2 Å². The Bertz CT molecular complexity index is 1470. The molecule has 5 aromatic rings. The molecule has 3 aromatic carbocycles. The number of rotatable bonds is 5. The summed E-state index contributed by atoms with van der Waals surface area (Å²) in [5.74, 6) is -0.174. The number of carbonyl (C=O) groups is 1. The second-order valence-electron chi connectivity index (χ2n) is 7.46. The van der Waals surface area contributed by atoms with Crippen LogP contribution in [0.4, 0.5) is 0 Å². The van der Waals surface area contributed by atoms with Crippen molar-refractivity contribution in [2.24, 2.45) is 0 Å². The van der Waals surface area contributed by atoms with Gasteiger partial charge in [-0.1, -0.05) is 60.1 Å². The molecular weight excluding hydrogens is 426 g/mol. The van der Waals surface area contributed by atoms with Gasteiger partial charge in [-0.2, -0.15) is 0 Å². The number of nitrogens with zero attached hydrogens (tertiary/aromatic N) is 1. The van der Waals surface area contributed by atoms with E-state index in [4.69, 9.17) is 25.7 Å². The van der Waals surface area contributed by atoms with E-state index in [1.807, 2.05) is 61.5 Å². The molecule has 0 aliphatic carbocycles. The van der Waals surface area contributed by atoms with Crippen molar-refractivity contribution in [2.45, 2.75) is 13.5 Å². The molecule has 0 saturated heterocycles. The third kappa shape index (κ3) is 3.47. The van der Waals surface area contributed by atoms with Crippen LogP contribution in [-0.4, -0.2) is 16.1 Å². The highest BCUT2D eigenvalue weighted by molar-refractivity contribution is 6.35. The van der Waals surface area contributed by atoms with Gasteiger partial charge in [0.1, 0.15) is 23.6 Å². The molecule has 0 fully saturated rings. The van der Waals surface area contributed by atoms with Gasteiger partial charge >= 0.3 is 5.97 Å². The minimum atomic E-state index is -1.10. The molecule has 0 aliphatic rings. The Balaban J connectivity index is 1.68. The van der Waals surface area contributed by atoms with E-state index in [1.54, 1.807) is 12.1 Å². The maximum Gasteiger partial charge on any atom is 0.336 e. The second-order valence-corrected chi connectivity index (χ2v) is 7.86. The zero-order valence-electron chi connectivity index (χ0n) is 17.1. The largest absolute Gasteiger partial charge is 0.488 e. The number of hydrogen-bond donors (Lipinski definition) is 1. The summed E-state index contributed by atoms with van der Waals surface area (Å²) in [4.78, 5) is 16.9. The van der Waals surface area contributed by atoms with E-state index in [-0.39, 0.29) is 5.56 Å². The molecule has 0 amide bonds. The lowest BCUT2D eigenvalue weighted by molar-refractivity contribution is 0.0698. The van der Waals surface area contributed by atoms with Gasteiger partial charge in [-0.3, -0.25) is 0 Å². The third-order valence-electron chi connectivity index (χ3n) is 5.42. The Morgan fingerprint density at radius 1 is 1.06 bits per heavy atom. The van der Waals surface area contributed by atoms with Crippen LogP contribution in [0.2, 0.25) is 5.02 Å². The minimum Gasteiger partial charge on any atom is -0.488 e. The predicted molar refractivity (Wildman–Crippen MR) is 124 cm³/mol. The predicted octanol–water partition coefficient (Wildman–Crippen LogP) is 6.89. The summed E-state index contributed by atoms with van der Waals surface area (Å²) in [5, 5.41) is 11.7. The zero-order valence-corrected chi connectivity index (χ0v) is 17.9. The highest BCUT2D eigenvalue weighted by Gasteiger charge is 2.22. The van der Waals surface area contributed by atoms with Crippen molar-refractivity contribution >= 4 is 39.4 Å². The van der Waals surface area contributed by atoms with Crippen molar-refractivity contribution in [1.29, 1.82) is 0 Å². The normalized spacial score (nSPS) is 11.2. The Labute approximate surface area is 188 Å². The van der Waals surface area contributed by atoms with E-state index < -0.39 is 5.97 Å². The first kappa shape index (κ1) is 20.1. The van der Waals surface area contributed by atoms with E-state index in [1.165, 1.54) is 6.07 Å². The SMILES string of the molecule is Cc1c(-c2cc(C(=O)O)c3c(OCc4ccccc4)ccc(Cl)c3n2)oc2ccccc12. The molecule has 0 saturated carbocycles. The van der Waals surface area contributed by atoms with Gasteiger partial charge in [0, 0.05) is 10.9 Å². The average molecular weight is 444 g/mol. The molecule has 0 aliphatic heterocycles. The molecule has 158 valence electrons. The number of ether oxygens (including phenoxy) is 1. The summed E-state index contributed by atoms with van der Waals surface area (Å²) < 4.78 is 12.0. The van der Waals surface area contributed by atoms with Crippen LogP contribution >= 0.6 is 11.6 Å². The van der Waals surface area contributed by atoms with Gasteiger partial charge in [0.15, 0.2) is 5.76 Å². The summed E-state index contributed by atoms with van der Waals surface area (Å²) in [7, 11) is 0. The average Bonchev–Trinajstić information content (AvgIpc) is 3.15. The molecule has 5 nitrogen and oxygen atoms in total. The van der Waals surface area contributed by atoms with E-state index >= 15 is 0 Å². The number of aromatic nitrogens is 1. The number of furan rings is 1. The molecule has 0 radical (unpaired) electrons. The number of carboxylic acids is 1. The first-order chi connectivity index (χ1) is 15.5. The number of carboxylic acid groups (broad SMARTS) is 1. The summed E-state index contributed by atoms with van der Waals surface area (Å²) >= 11 is 6.46. The molecule has 2 heterocycles. The molecule has 0 atom stereocenters. The number of aryl methyl sites for hydroxylation is 1. The van der Waals surface area contributed by atoms with Gasteiger partial charge in [0.05, 0.1) is 21.5 Å². The Hall–Kier alpha value is -3.83. The zero-order chi connectivity index (χ0) is 22.2. The molecule has 0 unspecified atom stereocenters. The van der Waals surface area contributed by atoms with Crippen LogP contribution in [0.5, 0.6) is 5.75 Å². The molecule has 1 N–H and O–H groups in total. The number of aromatic carboxylic acids is 1. The number of benzene rings is 3. The summed E-state index contributed by atoms with van der Waals surface area (Å²) in [6.45, 7) is 2.22. The van der Waals surface area contributed by atoms with E-state index in [2.05, 4.69) is 0 Å². The van der Waals surface area contributed by atoms with E-state index in [0.29, 0.717) is 45.3 Å². The summed E-state index contributed by atoms with van der Waals surface area (Å²) in [5.41, 5.74) is 3.38. The fourth-order valence-electron chi connectivity index (χ4n) is 3.84. The second kappa shape index (κ2) is 8.02.